The molecule has 1 amide bonds. The molecule has 0 aliphatic heterocycles. The highest BCUT2D eigenvalue weighted by Crippen LogP contribution is 2.28. The van der Waals surface area contributed by atoms with Crippen LogP contribution < -0.4 is 15.6 Å². The summed E-state index contributed by atoms with van der Waals surface area (Å²) in [5, 5.41) is 15.4. The maximum absolute atomic E-state index is 13.6. The summed E-state index contributed by atoms with van der Waals surface area (Å²) in [5.41, 5.74) is 4.18. The molecule has 2 aromatic heterocycles. The predicted molar refractivity (Wildman–Crippen MR) is 140 cm³/mol. The lowest BCUT2D eigenvalue weighted by Gasteiger charge is -2.12. The van der Waals surface area contributed by atoms with Crippen LogP contribution in [0.4, 0.5) is 11.4 Å². The Hall–Kier alpha value is -4.49. The maximum Gasteiger partial charge on any atom is 0.261 e. The molecule has 36 heavy (non-hydrogen) atoms. The van der Waals surface area contributed by atoms with Crippen LogP contribution in [0.2, 0.25) is 0 Å². The molecule has 5 rings (SSSR count). The van der Waals surface area contributed by atoms with E-state index in [-0.39, 0.29) is 17.7 Å². The first-order valence-electron chi connectivity index (χ1n) is 11.5. The van der Waals surface area contributed by atoms with Crippen LogP contribution in [0.25, 0.3) is 21.7 Å². The van der Waals surface area contributed by atoms with Crippen molar-refractivity contribution in [3.63, 3.8) is 0 Å². The van der Waals surface area contributed by atoms with E-state index in [0.29, 0.717) is 39.4 Å². The summed E-state index contributed by atoms with van der Waals surface area (Å²) >= 11 is 0. The van der Waals surface area contributed by atoms with E-state index in [1.807, 2.05) is 68.4 Å². The highest BCUT2D eigenvalue weighted by atomic mass is 16.5. The Balaban J connectivity index is 1.75. The first-order valence-corrected chi connectivity index (χ1v) is 11.5. The van der Waals surface area contributed by atoms with Crippen LogP contribution in [0.5, 0.6) is 5.75 Å². The molecular weight excluding hydrogens is 454 g/mol. The van der Waals surface area contributed by atoms with Gasteiger partial charge >= 0.3 is 0 Å². The molecule has 0 unspecified atom stereocenters. The van der Waals surface area contributed by atoms with Crippen LogP contribution in [0.3, 0.4) is 0 Å². The molecule has 0 fully saturated rings. The molecule has 0 saturated heterocycles. The molecule has 0 saturated carbocycles. The van der Waals surface area contributed by atoms with E-state index in [2.05, 4.69) is 10.3 Å². The number of methoxy groups -OCH3 is 1. The Morgan fingerprint density at radius 3 is 2.67 bits per heavy atom. The molecule has 0 atom stereocenters. The molecule has 5 aromatic rings. The number of hydrogen-bond donors (Lipinski definition) is 2. The summed E-state index contributed by atoms with van der Waals surface area (Å²) < 4.78 is 11.7. The van der Waals surface area contributed by atoms with Gasteiger partial charge in [0.15, 0.2) is 5.58 Å². The van der Waals surface area contributed by atoms with Gasteiger partial charge in [-0.1, -0.05) is 42.5 Å². The molecule has 7 nitrogen and oxygen atoms in total. The van der Waals surface area contributed by atoms with Crippen molar-refractivity contribution in [3.8, 4) is 5.75 Å². The van der Waals surface area contributed by atoms with Crippen molar-refractivity contribution in [2.75, 3.05) is 12.4 Å². The average Bonchev–Trinajstić information content (AvgIpc) is 2.89. The number of hydrogen-bond acceptors (Lipinski definition) is 6. The predicted octanol–water partition coefficient (Wildman–Crippen LogP) is 5.58. The zero-order chi connectivity index (χ0) is 25.2. The van der Waals surface area contributed by atoms with Gasteiger partial charge in [-0.3, -0.25) is 9.78 Å². The molecule has 0 aliphatic carbocycles. The van der Waals surface area contributed by atoms with Gasteiger partial charge in [-0.25, -0.2) is 4.99 Å². The lowest BCUT2D eigenvalue weighted by atomic mass is 10.1. The molecule has 0 spiro atoms. The van der Waals surface area contributed by atoms with Gasteiger partial charge in [0.1, 0.15) is 11.3 Å². The van der Waals surface area contributed by atoms with Gasteiger partial charge in [-0.15, -0.1) is 0 Å². The Labute approximate surface area is 207 Å². The van der Waals surface area contributed by atoms with E-state index in [1.165, 1.54) is 0 Å². The quantitative estimate of drug-likeness (QED) is 0.343. The zero-order valence-corrected chi connectivity index (χ0v) is 20.2. The normalized spacial score (nSPS) is 11.7. The minimum Gasteiger partial charge on any atom is -0.495 e. The molecule has 0 aliphatic rings. The number of anilines is 1. The molecule has 180 valence electrons. The van der Waals surface area contributed by atoms with Crippen molar-refractivity contribution < 1.29 is 19.1 Å². The fourth-order valence-corrected chi connectivity index (χ4v) is 4.18. The summed E-state index contributed by atoms with van der Waals surface area (Å²) in [6, 6.07) is 20.9. The molecule has 7 heteroatoms. The summed E-state index contributed by atoms with van der Waals surface area (Å²) in [6.45, 7) is 3.50. The lowest BCUT2D eigenvalue weighted by molar-refractivity contribution is 0.102. The van der Waals surface area contributed by atoms with E-state index < -0.39 is 5.91 Å². The van der Waals surface area contributed by atoms with Crippen molar-refractivity contribution in [2.45, 2.75) is 20.5 Å². The largest absolute Gasteiger partial charge is 0.495 e. The van der Waals surface area contributed by atoms with Crippen molar-refractivity contribution in [1.82, 2.24) is 4.98 Å². The van der Waals surface area contributed by atoms with Gasteiger partial charge in [0, 0.05) is 22.5 Å². The van der Waals surface area contributed by atoms with Crippen LogP contribution in [0.15, 0.2) is 82.3 Å². The monoisotopic (exact) mass is 479 g/mol. The third-order valence-electron chi connectivity index (χ3n) is 6.06. The maximum atomic E-state index is 13.6. The Morgan fingerprint density at radius 2 is 1.86 bits per heavy atom. The van der Waals surface area contributed by atoms with Gasteiger partial charge in [0.2, 0.25) is 5.55 Å². The highest BCUT2D eigenvalue weighted by molar-refractivity contribution is 6.06. The van der Waals surface area contributed by atoms with Gasteiger partial charge in [-0.05, 0) is 49.1 Å². The number of pyridine rings is 1. The number of rotatable bonds is 5. The summed E-state index contributed by atoms with van der Waals surface area (Å²) in [6.07, 6.45) is 1.58. The number of nitrogens with zero attached hydrogens (tertiary/aromatic N) is 2. The number of carbonyl (C=O) groups is 1. The van der Waals surface area contributed by atoms with Gasteiger partial charge in [-0.2, -0.15) is 0 Å². The third-order valence-corrected chi connectivity index (χ3v) is 6.06. The molecule has 2 heterocycles. The number of ether oxygens (including phenoxy) is 1. The average molecular weight is 480 g/mol. The van der Waals surface area contributed by atoms with Crippen LogP contribution in [0.1, 0.15) is 27.2 Å². The zero-order valence-electron chi connectivity index (χ0n) is 20.2. The van der Waals surface area contributed by atoms with Crippen LogP contribution in [-0.4, -0.2) is 23.1 Å². The summed E-state index contributed by atoms with van der Waals surface area (Å²) in [7, 11) is 1.55. The van der Waals surface area contributed by atoms with E-state index in [0.717, 1.165) is 16.3 Å². The minimum atomic E-state index is -0.415. The lowest BCUT2D eigenvalue weighted by Crippen LogP contribution is -2.22. The van der Waals surface area contributed by atoms with E-state index in [1.54, 1.807) is 25.4 Å². The van der Waals surface area contributed by atoms with Crippen LogP contribution in [0, 0.1) is 13.8 Å². The van der Waals surface area contributed by atoms with Crippen molar-refractivity contribution in [2.24, 2.45) is 4.99 Å². The molecule has 0 bridgehead atoms. The number of nitrogens with one attached hydrogen (secondary N) is 1. The smallest absolute Gasteiger partial charge is 0.261 e. The minimum absolute atomic E-state index is 0.142. The molecule has 0 radical (unpaired) electrons. The summed E-state index contributed by atoms with van der Waals surface area (Å²) in [4.78, 5) is 22.8. The number of fused-ring (bicyclic) bond motifs is 2. The van der Waals surface area contributed by atoms with E-state index >= 15 is 0 Å². The number of aryl methyl sites for hydroxylation is 2. The Bertz CT molecular complexity index is 1680. The second-order valence-corrected chi connectivity index (χ2v) is 8.50. The number of aromatic nitrogens is 1. The van der Waals surface area contributed by atoms with Crippen molar-refractivity contribution in [3.05, 3.63) is 101 Å². The summed E-state index contributed by atoms with van der Waals surface area (Å²) in [5.74, 6) is 0.122. The second-order valence-electron chi connectivity index (χ2n) is 8.50. The number of carbonyl (C=O) groups excluding carboxylic acids is 1. The molecule has 3 aromatic carbocycles. The first-order chi connectivity index (χ1) is 17.5. The first kappa shape index (κ1) is 23.3. The standard InChI is InChI=1S/C29H25N3O4/c1-17-11-12-26(35-3)25(13-17)31-28(34)23-14-22-20(16-33)15-30-18(2)27(22)36-29(23)32-24-10-6-8-19-7-4-5-9-21(19)24/h4-15,33H,16H2,1-3H3,(H,31,34). The van der Waals surface area contributed by atoms with Crippen LogP contribution >= 0.6 is 0 Å². The Morgan fingerprint density at radius 1 is 1.06 bits per heavy atom. The van der Waals surface area contributed by atoms with Crippen molar-refractivity contribution >= 4 is 39.0 Å². The fourth-order valence-electron chi connectivity index (χ4n) is 4.18. The van der Waals surface area contributed by atoms with Gasteiger partial charge in [0.25, 0.3) is 5.91 Å². The van der Waals surface area contributed by atoms with Crippen LogP contribution in [-0.2, 0) is 6.61 Å². The number of aliphatic hydroxyl groups is 1. The van der Waals surface area contributed by atoms with E-state index in [4.69, 9.17) is 14.1 Å². The molecule has 2 N–H and O–H groups in total. The highest BCUT2D eigenvalue weighted by Gasteiger charge is 2.18. The number of benzene rings is 3. The van der Waals surface area contributed by atoms with Crippen molar-refractivity contribution in [1.29, 1.82) is 0 Å². The van der Waals surface area contributed by atoms with E-state index in [9.17, 15) is 9.90 Å². The fraction of sp³-hybridized carbons (Fsp3) is 0.138. The second kappa shape index (κ2) is 9.64. The topological polar surface area (TPSA) is 97.0 Å². The molecular formula is C29H25N3O4. The van der Waals surface area contributed by atoms with Gasteiger partial charge in [0.05, 0.1) is 30.8 Å². The SMILES string of the molecule is COc1ccc(C)cc1NC(=O)c1cc2c(CO)cnc(C)c2oc1=Nc1cccc2ccccc12. The number of aliphatic hydroxyl groups excluding tert-OH is 1. The Kier molecular flexibility index (Phi) is 6.23. The number of amides is 1. The van der Waals surface area contributed by atoms with Gasteiger partial charge < -0.3 is 19.6 Å². The third kappa shape index (κ3) is 4.32.